The summed E-state index contributed by atoms with van der Waals surface area (Å²) < 4.78 is 5.60. The molecule has 0 radical (unpaired) electrons. The third kappa shape index (κ3) is 7.81. The smallest absolute Gasteiger partial charge is 0.345 e. The maximum absolute atomic E-state index is 13.0. The average molecular weight is 707 g/mol. The maximum Gasteiger partial charge on any atom is 0.345 e. The molecule has 0 saturated carbocycles. The normalized spacial score (nSPS) is 14.6. The van der Waals surface area contributed by atoms with Gasteiger partial charge in [-0.05, 0) is 66.1 Å². The van der Waals surface area contributed by atoms with Crippen LogP contribution in [-0.4, -0.2) is 86.9 Å². The number of fused-ring (bicyclic) bond motifs is 1. The number of nitrogens with zero attached hydrogens (tertiary/aromatic N) is 1. The summed E-state index contributed by atoms with van der Waals surface area (Å²) in [5.74, 6) is -1.86. The molecule has 13 nitrogen and oxygen atoms in total. The highest BCUT2D eigenvalue weighted by molar-refractivity contribution is 5.95. The third-order valence-corrected chi connectivity index (χ3v) is 9.05. The van der Waals surface area contributed by atoms with Crippen LogP contribution in [0.3, 0.4) is 0 Å². The molecule has 0 unspecified atom stereocenters. The van der Waals surface area contributed by atoms with E-state index < -0.39 is 23.6 Å². The van der Waals surface area contributed by atoms with Crippen LogP contribution in [0.4, 0.5) is 0 Å². The minimum Gasteiger partial charge on any atom is -0.506 e. The molecule has 13 heteroatoms. The van der Waals surface area contributed by atoms with E-state index in [4.69, 9.17) is 4.74 Å². The number of H-pyrrole nitrogens is 1. The predicted molar refractivity (Wildman–Crippen MR) is 191 cm³/mol. The number of aliphatic hydroxyl groups is 2. The molecule has 52 heavy (non-hydrogen) atoms. The van der Waals surface area contributed by atoms with E-state index in [9.17, 15) is 39.6 Å². The number of benzene rings is 4. The maximum atomic E-state index is 13.0. The lowest BCUT2D eigenvalue weighted by Crippen LogP contribution is -2.61. The number of carboxylic acids is 1. The molecule has 1 fully saturated rings. The summed E-state index contributed by atoms with van der Waals surface area (Å²) in [6.45, 7) is 1.16. The van der Waals surface area contributed by atoms with Crippen molar-refractivity contribution in [1.29, 1.82) is 0 Å². The van der Waals surface area contributed by atoms with Crippen molar-refractivity contribution in [3.63, 3.8) is 0 Å². The van der Waals surface area contributed by atoms with Gasteiger partial charge in [-0.15, -0.1) is 0 Å². The van der Waals surface area contributed by atoms with E-state index in [2.05, 4.69) is 15.6 Å². The number of aliphatic carboxylic acids is 1. The molecule has 268 valence electrons. The topological polar surface area (TPSA) is 202 Å². The van der Waals surface area contributed by atoms with Gasteiger partial charge in [0, 0.05) is 42.2 Å². The standard InChI is InChI=1S/C39H38N4O9/c44-32-15-13-30(31-14-16-34(46)42-36(31)32)33(45)20-40-18-17-24-9-11-25(12-10-24)37(48)43-21-28(22-43)41-35(47)23-52-29-8-4-7-27(19-29)39(51,38(49)50)26-5-2-1-3-6-26/h1-16,19,28,33,40,44-45,51H,17-18,20-23H2,(H,41,47)(H,42,46)(H,49,50)/t33-,39-/m0/s1. The Morgan fingerprint density at radius 2 is 1.65 bits per heavy atom. The highest BCUT2D eigenvalue weighted by Gasteiger charge is 2.40. The number of amides is 2. The summed E-state index contributed by atoms with van der Waals surface area (Å²) in [6.07, 6.45) is -0.208. The Morgan fingerprint density at radius 1 is 0.923 bits per heavy atom. The molecule has 2 amide bonds. The van der Waals surface area contributed by atoms with Crippen LogP contribution in [-0.2, 0) is 21.6 Å². The number of pyridine rings is 1. The number of aromatic hydroxyl groups is 1. The number of hydrogen-bond acceptors (Lipinski definition) is 9. The number of rotatable bonds is 14. The molecule has 5 aromatic rings. The number of phenolic OH excluding ortho intramolecular Hbond substituents is 1. The van der Waals surface area contributed by atoms with Crippen LogP contribution in [0, 0.1) is 0 Å². The van der Waals surface area contributed by atoms with Crippen LogP contribution < -0.4 is 20.9 Å². The molecule has 1 aromatic heterocycles. The summed E-state index contributed by atoms with van der Waals surface area (Å²) >= 11 is 0. The van der Waals surface area contributed by atoms with Gasteiger partial charge in [-0.3, -0.25) is 14.4 Å². The number of aromatic amines is 1. The van der Waals surface area contributed by atoms with Crippen LogP contribution in [0.15, 0.2) is 108 Å². The summed E-state index contributed by atoms with van der Waals surface area (Å²) in [6, 6.07) is 27.0. The van der Waals surface area contributed by atoms with Gasteiger partial charge in [0.15, 0.2) is 6.61 Å². The minimum atomic E-state index is -2.30. The number of phenols is 1. The molecule has 6 rings (SSSR count). The quantitative estimate of drug-likeness (QED) is 0.0842. The lowest BCUT2D eigenvalue weighted by atomic mass is 9.86. The SMILES string of the molecule is O=C(COc1cccc([C@](O)(C(=O)O)c2ccccc2)c1)NC1CN(C(=O)c2ccc(CCNC[C@H](O)c3ccc(O)c4[nH]c(=O)ccc34)cc2)C1. The zero-order valence-electron chi connectivity index (χ0n) is 28.0. The Balaban J connectivity index is 0.922. The number of aliphatic hydroxyl groups excluding tert-OH is 1. The largest absolute Gasteiger partial charge is 0.506 e. The highest BCUT2D eigenvalue weighted by atomic mass is 16.5. The first-order chi connectivity index (χ1) is 25.0. The van der Waals surface area contributed by atoms with Gasteiger partial charge in [-0.1, -0.05) is 60.7 Å². The van der Waals surface area contributed by atoms with E-state index in [0.29, 0.717) is 42.6 Å². The highest BCUT2D eigenvalue weighted by Crippen LogP contribution is 2.32. The predicted octanol–water partition coefficient (Wildman–Crippen LogP) is 2.44. The summed E-state index contributed by atoms with van der Waals surface area (Å²) in [7, 11) is 0. The van der Waals surface area contributed by atoms with Gasteiger partial charge in [0.2, 0.25) is 11.2 Å². The molecule has 0 spiro atoms. The zero-order chi connectivity index (χ0) is 36.8. The zero-order valence-corrected chi connectivity index (χ0v) is 28.0. The van der Waals surface area contributed by atoms with E-state index in [1.165, 1.54) is 36.4 Å². The van der Waals surface area contributed by atoms with Gasteiger partial charge in [-0.2, -0.15) is 0 Å². The van der Waals surface area contributed by atoms with Gasteiger partial charge in [-0.25, -0.2) is 4.79 Å². The number of carboxylic acid groups (broad SMARTS) is 1. The number of hydrogen-bond donors (Lipinski definition) is 7. The van der Waals surface area contributed by atoms with Crippen LogP contribution in [0.5, 0.6) is 11.5 Å². The molecule has 7 N–H and O–H groups in total. The summed E-state index contributed by atoms with van der Waals surface area (Å²) in [5.41, 5.74) is 0.00240. The number of carbonyl (C=O) groups is 3. The Hall–Kier alpha value is -6.02. The molecule has 0 bridgehead atoms. The number of carbonyl (C=O) groups excluding carboxylic acids is 2. The van der Waals surface area contributed by atoms with E-state index in [-0.39, 0.29) is 58.8 Å². The van der Waals surface area contributed by atoms with Crippen LogP contribution >= 0.6 is 0 Å². The molecular formula is C39H38N4O9. The third-order valence-electron chi connectivity index (χ3n) is 9.05. The van der Waals surface area contributed by atoms with Crippen molar-refractivity contribution in [2.75, 3.05) is 32.8 Å². The molecular weight excluding hydrogens is 668 g/mol. The molecule has 2 heterocycles. The van der Waals surface area contributed by atoms with Crippen LogP contribution in [0.25, 0.3) is 10.9 Å². The van der Waals surface area contributed by atoms with Gasteiger partial charge < -0.3 is 45.7 Å². The minimum absolute atomic E-state index is 0.0679. The van der Waals surface area contributed by atoms with Crippen molar-refractivity contribution in [2.45, 2.75) is 24.2 Å². The van der Waals surface area contributed by atoms with Crippen molar-refractivity contribution in [2.24, 2.45) is 0 Å². The number of likely N-dealkylation sites (tertiary alicyclic amines) is 1. The van der Waals surface area contributed by atoms with Crippen molar-refractivity contribution >= 4 is 28.7 Å². The second-order valence-corrected chi connectivity index (χ2v) is 12.6. The number of ether oxygens (including phenoxy) is 1. The molecule has 1 saturated heterocycles. The molecule has 0 aliphatic carbocycles. The van der Waals surface area contributed by atoms with Gasteiger partial charge in [0.25, 0.3) is 11.8 Å². The van der Waals surface area contributed by atoms with Crippen molar-refractivity contribution in [3.05, 3.63) is 141 Å². The van der Waals surface area contributed by atoms with E-state index in [0.717, 1.165) is 5.56 Å². The Kier molecular flexibility index (Phi) is 10.7. The van der Waals surface area contributed by atoms with Crippen molar-refractivity contribution in [1.82, 2.24) is 20.5 Å². The molecule has 2 atom stereocenters. The first-order valence-electron chi connectivity index (χ1n) is 16.7. The lowest BCUT2D eigenvalue weighted by molar-refractivity contribution is -0.155. The average Bonchev–Trinajstić information content (AvgIpc) is 3.14. The monoisotopic (exact) mass is 706 g/mol. The van der Waals surface area contributed by atoms with Gasteiger partial charge in [0.05, 0.1) is 17.7 Å². The molecule has 4 aromatic carbocycles. The Morgan fingerprint density at radius 3 is 2.38 bits per heavy atom. The lowest BCUT2D eigenvalue weighted by Gasteiger charge is -2.39. The van der Waals surface area contributed by atoms with Crippen LogP contribution in [0.1, 0.15) is 38.7 Å². The fourth-order valence-electron chi connectivity index (χ4n) is 6.19. The summed E-state index contributed by atoms with van der Waals surface area (Å²) in [5, 5.41) is 48.4. The molecule has 1 aliphatic heterocycles. The van der Waals surface area contributed by atoms with E-state index in [1.807, 2.05) is 12.1 Å². The number of aromatic nitrogens is 1. The first-order valence-corrected chi connectivity index (χ1v) is 16.7. The molecule has 1 aliphatic rings. The van der Waals surface area contributed by atoms with Crippen molar-refractivity contribution in [3.8, 4) is 11.5 Å². The first kappa shape index (κ1) is 35.8. The van der Waals surface area contributed by atoms with Crippen LogP contribution in [0.2, 0.25) is 0 Å². The fraction of sp³-hybridized carbons (Fsp3) is 0.231. The number of nitrogens with one attached hydrogen (secondary N) is 3. The second kappa shape index (κ2) is 15.5. The fourth-order valence-corrected chi connectivity index (χ4v) is 6.19. The Labute approximate surface area is 298 Å². The van der Waals surface area contributed by atoms with Crippen molar-refractivity contribution < 1.29 is 39.5 Å². The second-order valence-electron chi connectivity index (χ2n) is 12.6. The Bertz CT molecular complexity index is 2130. The van der Waals surface area contributed by atoms with E-state index >= 15 is 0 Å². The van der Waals surface area contributed by atoms with Gasteiger partial charge >= 0.3 is 5.97 Å². The summed E-state index contributed by atoms with van der Waals surface area (Å²) in [4.78, 5) is 53.5. The van der Waals surface area contributed by atoms with E-state index in [1.54, 1.807) is 59.5 Å². The van der Waals surface area contributed by atoms with Gasteiger partial charge in [0.1, 0.15) is 11.5 Å².